The molecule has 2 aromatic heterocycles. The van der Waals surface area contributed by atoms with Crippen LogP contribution in [0.1, 0.15) is 51.1 Å². The Bertz CT molecular complexity index is 1080. The van der Waals surface area contributed by atoms with Crippen LogP contribution in [-0.2, 0) is 19.9 Å². The minimum atomic E-state index is -0.479. The highest BCUT2D eigenvalue weighted by atomic mass is 32.1. The highest BCUT2D eigenvalue weighted by Gasteiger charge is 2.26. The van der Waals surface area contributed by atoms with Crippen LogP contribution in [0.4, 0.5) is 5.00 Å². The maximum Gasteiger partial charge on any atom is 0.272 e. The molecule has 1 aliphatic rings. The number of carbonyl (C=O) groups is 2. The summed E-state index contributed by atoms with van der Waals surface area (Å²) in [7, 11) is 1.85. The van der Waals surface area contributed by atoms with Crippen molar-refractivity contribution in [3.8, 4) is 5.75 Å². The highest BCUT2D eigenvalue weighted by molar-refractivity contribution is 7.17. The first-order chi connectivity index (χ1) is 13.5. The van der Waals surface area contributed by atoms with Gasteiger partial charge in [-0.05, 0) is 62.4 Å². The maximum atomic E-state index is 13.0. The maximum absolute atomic E-state index is 13.0. The van der Waals surface area contributed by atoms with Crippen LogP contribution in [0, 0.1) is 0 Å². The van der Waals surface area contributed by atoms with Crippen molar-refractivity contribution >= 4 is 39.1 Å². The van der Waals surface area contributed by atoms with Gasteiger partial charge in [-0.25, -0.2) is 0 Å². The Hall–Kier alpha value is -2.80. The summed E-state index contributed by atoms with van der Waals surface area (Å²) in [6.07, 6.45) is 3.92. The van der Waals surface area contributed by atoms with Crippen LogP contribution in [0.2, 0.25) is 0 Å². The molecule has 0 saturated heterocycles. The molecular weight excluding hydrogens is 374 g/mol. The minimum absolute atomic E-state index is 0.252. The molecule has 1 aliphatic carbocycles. The predicted molar refractivity (Wildman–Crippen MR) is 112 cm³/mol. The summed E-state index contributed by atoms with van der Waals surface area (Å²) in [6.45, 7) is 2.52. The number of ether oxygens (including phenoxy) is 1. The first-order valence-corrected chi connectivity index (χ1v) is 10.3. The summed E-state index contributed by atoms with van der Waals surface area (Å²) in [5.74, 6) is 0.0420. The van der Waals surface area contributed by atoms with Gasteiger partial charge in [0.2, 0.25) is 0 Å². The van der Waals surface area contributed by atoms with E-state index in [2.05, 4.69) is 5.32 Å². The number of fused-ring (bicyclic) bond motifs is 2. The lowest BCUT2D eigenvalue weighted by Crippen LogP contribution is -2.19. The molecule has 0 radical (unpaired) electrons. The second-order valence-corrected chi connectivity index (χ2v) is 8.08. The average molecular weight is 398 g/mol. The third-order valence-electron chi connectivity index (χ3n) is 5.20. The van der Waals surface area contributed by atoms with Crippen molar-refractivity contribution in [1.82, 2.24) is 4.57 Å². The first kappa shape index (κ1) is 18.6. The summed E-state index contributed by atoms with van der Waals surface area (Å²) in [6, 6.07) is 7.60. The van der Waals surface area contributed by atoms with Crippen molar-refractivity contribution < 1.29 is 14.3 Å². The molecule has 0 bridgehead atoms. The van der Waals surface area contributed by atoms with Crippen LogP contribution >= 0.6 is 11.3 Å². The molecule has 0 saturated carbocycles. The number of hydrogen-bond donors (Lipinski definition) is 2. The van der Waals surface area contributed by atoms with Crippen molar-refractivity contribution in [3.05, 3.63) is 46.0 Å². The molecule has 0 spiro atoms. The SMILES string of the molecule is CCOc1ccc2c(c1)cc(C(=O)Nc1sc3c(c1C(N)=O)CCCC3)n2C. The van der Waals surface area contributed by atoms with Crippen LogP contribution in [-0.4, -0.2) is 23.0 Å². The number of carbonyl (C=O) groups excluding carboxylic acids is 2. The van der Waals surface area contributed by atoms with Gasteiger partial charge in [0.05, 0.1) is 12.2 Å². The zero-order valence-corrected chi connectivity index (χ0v) is 16.8. The summed E-state index contributed by atoms with van der Waals surface area (Å²) in [5, 5.41) is 4.42. The Balaban J connectivity index is 1.68. The Labute approximate surface area is 167 Å². The van der Waals surface area contributed by atoms with Gasteiger partial charge >= 0.3 is 0 Å². The van der Waals surface area contributed by atoms with Crippen LogP contribution in [0.15, 0.2) is 24.3 Å². The van der Waals surface area contributed by atoms with Gasteiger partial charge in [-0.15, -0.1) is 11.3 Å². The second-order valence-electron chi connectivity index (χ2n) is 6.98. The zero-order valence-electron chi connectivity index (χ0n) is 16.0. The molecule has 7 heteroatoms. The fourth-order valence-electron chi connectivity index (χ4n) is 3.88. The number of aryl methyl sites for hydroxylation is 2. The lowest BCUT2D eigenvalue weighted by molar-refractivity contribution is 0.100. The van der Waals surface area contributed by atoms with Crippen LogP contribution in [0.3, 0.4) is 0 Å². The number of thiophene rings is 1. The van der Waals surface area contributed by atoms with Crippen LogP contribution in [0.5, 0.6) is 5.75 Å². The highest BCUT2D eigenvalue weighted by Crippen LogP contribution is 2.38. The number of amides is 2. The smallest absolute Gasteiger partial charge is 0.272 e. The molecule has 0 fully saturated rings. The van der Waals surface area contributed by atoms with E-state index in [1.165, 1.54) is 11.3 Å². The van der Waals surface area contributed by atoms with Gasteiger partial charge in [0, 0.05) is 22.8 Å². The summed E-state index contributed by atoms with van der Waals surface area (Å²) in [4.78, 5) is 26.2. The molecule has 0 aliphatic heterocycles. The topological polar surface area (TPSA) is 86.3 Å². The summed E-state index contributed by atoms with van der Waals surface area (Å²) >= 11 is 1.47. The standard InChI is InChI=1S/C21H23N3O3S/c1-3-27-13-8-9-15-12(10-13)11-16(24(15)2)20(26)23-21-18(19(22)25)14-6-4-5-7-17(14)28-21/h8-11H,3-7H2,1-2H3,(H2,22,25)(H,23,26). The molecule has 146 valence electrons. The van der Waals surface area contributed by atoms with Crippen LogP contribution in [0.25, 0.3) is 10.9 Å². The first-order valence-electron chi connectivity index (χ1n) is 9.47. The molecule has 6 nitrogen and oxygen atoms in total. The quantitative estimate of drug-likeness (QED) is 0.685. The fraction of sp³-hybridized carbons (Fsp3) is 0.333. The van der Waals surface area contributed by atoms with Gasteiger partial charge in [0.1, 0.15) is 16.4 Å². The van der Waals surface area contributed by atoms with Gasteiger partial charge in [-0.2, -0.15) is 0 Å². The van der Waals surface area contributed by atoms with E-state index in [1.807, 2.05) is 42.8 Å². The van der Waals surface area contributed by atoms with E-state index >= 15 is 0 Å². The number of rotatable bonds is 5. The van der Waals surface area contributed by atoms with Gasteiger partial charge in [0.15, 0.2) is 0 Å². The van der Waals surface area contributed by atoms with E-state index in [0.717, 1.165) is 52.8 Å². The number of hydrogen-bond acceptors (Lipinski definition) is 4. The van der Waals surface area contributed by atoms with E-state index in [0.29, 0.717) is 22.9 Å². The van der Waals surface area contributed by atoms with Gasteiger partial charge < -0.3 is 20.4 Å². The molecule has 3 N–H and O–H groups in total. The molecule has 4 rings (SSSR count). The molecule has 2 amide bonds. The molecular formula is C21H23N3O3S. The number of nitrogens with two attached hydrogens (primary N) is 1. The molecule has 0 atom stereocenters. The normalized spacial score (nSPS) is 13.4. The van der Waals surface area contributed by atoms with E-state index in [1.54, 1.807) is 0 Å². The predicted octanol–water partition coefficient (Wildman–Crippen LogP) is 3.87. The lowest BCUT2D eigenvalue weighted by atomic mass is 9.95. The number of nitrogens with one attached hydrogen (secondary N) is 1. The Morgan fingerprint density at radius 3 is 2.79 bits per heavy atom. The molecule has 0 unspecified atom stereocenters. The Morgan fingerprint density at radius 2 is 2.04 bits per heavy atom. The number of nitrogens with zero attached hydrogens (tertiary/aromatic N) is 1. The molecule has 28 heavy (non-hydrogen) atoms. The molecule has 3 aromatic rings. The van der Waals surface area contributed by atoms with Gasteiger partial charge in [-0.3, -0.25) is 9.59 Å². The van der Waals surface area contributed by atoms with E-state index < -0.39 is 5.91 Å². The lowest BCUT2D eigenvalue weighted by Gasteiger charge is -2.11. The number of benzene rings is 1. The molecule has 1 aromatic carbocycles. The van der Waals surface area contributed by atoms with Crippen LogP contribution < -0.4 is 15.8 Å². The van der Waals surface area contributed by atoms with Crippen molar-refractivity contribution in [3.63, 3.8) is 0 Å². The second kappa shape index (κ2) is 7.31. The minimum Gasteiger partial charge on any atom is -0.494 e. The Kier molecular flexibility index (Phi) is 4.85. The summed E-state index contributed by atoms with van der Waals surface area (Å²) in [5.41, 5.74) is 8.58. The van der Waals surface area contributed by atoms with Crippen molar-refractivity contribution in [2.45, 2.75) is 32.6 Å². The largest absolute Gasteiger partial charge is 0.494 e. The Morgan fingerprint density at radius 1 is 1.25 bits per heavy atom. The number of primary amides is 1. The average Bonchev–Trinajstić information content (AvgIpc) is 3.19. The number of anilines is 1. The molecule has 2 heterocycles. The van der Waals surface area contributed by atoms with Crippen molar-refractivity contribution in [2.24, 2.45) is 12.8 Å². The van der Waals surface area contributed by atoms with Crippen molar-refractivity contribution in [2.75, 3.05) is 11.9 Å². The third kappa shape index (κ3) is 3.16. The number of aromatic nitrogens is 1. The van der Waals surface area contributed by atoms with E-state index in [9.17, 15) is 9.59 Å². The summed E-state index contributed by atoms with van der Waals surface area (Å²) < 4.78 is 7.39. The van der Waals surface area contributed by atoms with Crippen molar-refractivity contribution in [1.29, 1.82) is 0 Å². The fourth-order valence-corrected chi connectivity index (χ4v) is 5.17. The van der Waals surface area contributed by atoms with E-state index in [4.69, 9.17) is 10.5 Å². The van der Waals surface area contributed by atoms with Gasteiger partial charge in [-0.1, -0.05) is 0 Å². The zero-order chi connectivity index (χ0) is 19.8. The van der Waals surface area contributed by atoms with Gasteiger partial charge in [0.25, 0.3) is 11.8 Å². The van der Waals surface area contributed by atoms with E-state index in [-0.39, 0.29) is 5.91 Å². The monoisotopic (exact) mass is 397 g/mol. The third-order valence-corrected chi connectivity index (χ3v) is 6.41.